The van der Waals surface area contributed by atoms with E-state index in [1.807, 2.05) is 31.3 Å². The molecule has 1 aromatic rings. The largest absolute Gasteiger partial charge is 0.345 e. The van der Waals surface area contributed by atoms with Crippen LogP contribution >= 0.6 is 0 Å². The predicted molar refractivity (Wildman–Crippen MR) is 53.6 cm³/mol. The Morgan fingerprint density at radius 3 is 2.86 bits per heavy atom. The van der Waals surface area contributed by atoms with Gasteiger partial charge in [-0.1, -0.05) is 18.2 Å². The number of allylic oxidation sites excluding steroid dienone is 1. The van der Waals surface area contributed by atoms with E-state index in [0.717, 1.165) is 11.3 Å². The third-order valence-corrected chi connectivity index (χ3v) is 2.32. The summed E-state index contributed by atoms with van der Waals surface area (Å²) < 4.78 is 0. The number of hydrogen-bond acceptors (Lipinski definition) is 3. The quantitative estimate of drug-likeness (QED) is 0.501. The Hall–Kier alpha value is -1.84. The van der Waals surface area contributed by atoms with Crippen molar-refractivity contribution in [2.75, 3.05) is 11.9 Å². The van der Waals surface area contributed by atoms with Crippen molar-refractivity contribution in [3.05, 3.63) is 51.8 Å². The maximum atomic E-state index is 10.6. The van der Waals surface area contributed by atoms with Gasteiger partial charge in [-0.3, -0.25) is 10.1 Å². The summed E-state index contributed by atoms with van der Waals surface area (Å²) >= 11 is 0. The first-order valence-corrected chi connectivity index (χ1v) is 4.34. The van der Waals surface area contributed by atoms with E-state index < -0.39 is 0 Å². The molecule has 0 fully saturated rings. The molecule has 0 unspecified atom stereocenters. The molecule has 0 saturated heterocycles. The van der Waals surface area contributed by atoms with Crippen LogP contribution in [0.25, 0.3) is 0 Å². The Morgan fingerprint density at radius 1 is 1.43 bits per heavy atom. The Kier molecular flexibility index (Phi) is 1.96. The molecule has 0 spiro atoms. The van der Waals surface area contributed by atoms with Crippen molar-refractivity contribution < 1.29 is 4.92 Å². The SMILES string of the molecule is CN1C=C([N+](=O)[O-])Cc2ccccc21. The molecule has 1 heterocycles. The van der Waals surface area contributed by atoms with Gasteiger partial charge in [0, 0.05) is 12.7 Å². The lowest BCUT2D eigenvalue weighted by atomic mass is 10.0. The monoisotopic (exact) mass is 190 g/mol. The van der Waals surface area contributed by atoms with Gasteiger partial charge in [0.2, 0.25) is 0 Å². The van der Waals surface area contributed by atoms with E-state index in [-0.39, 0.29) is 10.6 Å². The zero-order valence-corrected chi connectivity index (χ0v) is 7.80. The lowest BCUT2D eigenvalue weighted by Crippen LogP contribution is -2.20. The van der Waals surface area contributed by atoms with Crippen LogP contribution in [0.2, 0.25) is 0 Å². The fraction of sp³-hybridized carbons (Fsp3) is 0.200. The lowest BCUT2D eigenvalue weighted by Gasteiger charge is -2.21. The normalized spacial score (nSPS) is 14.6. The molecule has 0 saturated carbocycles. The van der Waals surface area contributed by atoms with E-state index >= 15 is 0 Å². The molecule has 2 rings (SSSR count). The molecule has 4 nitrogen and oxygen atoms in total. The summed E-state index contributed by atoms with van der Waals surface area (Å²) in [4.78, 5) is 12.1. The molecule has 72 valence electrons. The summed E-state index contributed by atoms with van der Waals surface area (Å²) in [5.74, 6) is 0. The van der Waals surface area contributed by atoms with Crippen molar-refractivity contribution in [1.29, 1.82) is 0 Å². The molecule has 0 bridgehead atoms. The minimum atomic E-state index is -0.327. The number of fused-ring (bicyclic) bond motifs is 1. The highest BCUT2D eigenvalue weighted by Gasteiger charge is 2.21. The summed E-state index contributed by atoms with van der Waals surface area (Å²) in [7, 11) is 1.82. The van der Waals surface area contributed by atoms with Crippen molar-refractivity contribution in [3.8, 4) is 0 Å². The zero-order valence-electron chi connectivity index (χ0n) is 7.80. The highest BCUT2D eigenvalue weighted by Crippen LogP contribution is 2.27. The molecule has 0 aliphatic carbocycles. The van der Waals surface area contributed by atoms with Gasteiger partial charge in [-0.2, -0.15) is 0 Å². The van der Waals surface area contributed by atoms with Crippen LogP contribution < -0.4 is 4.90 Å². The molecular weight excluding hydrogens is 180 g/mol. The fourth-order valence-corrected chi connectivity index (χ4v) is 1.65. The number of nitrogens with zero attached hydrogens (tertiary/aromatic N) is 2. The van der Waals surface area contributed by atoms with Crippen LogP contribution in [0.5, 0.6) is 0 Å². The van der Waals surface area contributed by atoms with Crippen molar-refractivity contribution in [2.45, 2.75) is 6.42 Å². The van der Waals surface area contributed by atoms with Crippen LogP contribution in [-0.4, -0.2) is 12.0 Å². The summed E-state index contributed by atoms with van der Waals surface area (Å²) in [6.45, 7) is 0. The second-order valence-corrected chi connectivity index (χ2v) is 3.29. The van der Waals surface area contributed by atoms with Crippen LogP contribution in [0.1, 0.15) is 5.56 Å². The highest BCUT2D eigenvalue weighted by atomic mass is 16.6. The van der Waals surface area contributed by atoms with Gasteiger partial charge < -0.3 is 4.90 Å². The van der Waals surface area contributed by atoms with Crippen molar-refractivity contribution in [3.63, 3.8) is 0 Å². The average Bonchev–Trinajstić information content (AvgIpc) is 2.17. The van der Waals surface area contributed by atoms with Gasteiger partial charge >= 0.3 is 0 Å². The second-order valence-electron chi connectivity index (χ2n) is 3.29. The second kappa shape index (κ2) is 3.14. The molecule has 0 radical (unpaired) electrons. The molecule has 0 amide bonds. The minimum Gasteiger partial charge on any atom is -0.345 e. The average molecular weight is 190 g/mol. The molecule has 14 heavy (non-hydrogen) atoms. The van der Waals surface area contributed by atoms with E-state index in [9.17, 15) is 10.1 Å². The van der Waals surface area contributed by atoms with Gasteiger partial charge in [0.25, 0.3) is 5.70 Å². The third-order valence-electron chi connectivity index (χ3n) is 2.32. The molecule has 4 heteroatoms. The van der Waals surface area contributed by atoms with E-state index in [4.69, 9.17) is 0 Å². The van der Waals surface area contributed by atoms with E-state index in [0.29, 0.717) is 6.42 Å². The van der Waals surface area contributed by atoms with Crippen molar-refractivity contribution in [2.24, 2.45) is 0 Å². The van der Waals surface area contributed by atoms with Gasteiger partial charge in [-0.15, -0.1) is 0 Å². The number of para-hydroxylation sites is 1. The van der Waals surface area contributed by atoms with Crippen LogP contribution in [0, 0.1) is 10.1 Å². The Labute approximate surface area is 81.6 Å². The molecule has 0 aromatic heterocycles. The molecule has 1 aromatic carbocycles. The van der Waals surface area contributed by atoms with Gasteiger partial charge in [0.1, 0.15) is 0 Å². The summed E-state index contributed by atoms with van der Waals surface area (Å²) in [6, 6.07) is 7.71. The minimum absolute atomic E-state index is 0.242. The lowest BCUT2D eigenvalue weighted by molar-refractivity contribution is -0.427. The zero-order chi connectivity index (χ0) is 10.1. The van der Waals surface area contributed by atoms with Crippen molar-refractivity contribution in [1.82, 2.24) is 0 Å². The fourth-order valence-electron chi connectivity index (χ4n) is 1.65. The molecule has 1 aliphatic heterocycles. The first kappa shape index (κ1) is 8.74. The third kappa shape index (κ3) is 1.35. The Bertz CT molecular complexity index is 412. The van der Waals surface area contributed by atoms with Crippen LogP contribution in [-0.2, 0) is 6.42 Å². The molecule has 0 N–H and O–H groups in total. The number of hydrogen-bond donors (Lipinski definition) is 0. The number of rotatable bonds is 1. The number of benzene rings is 1. The van der Waals surface area contributed by atoms with Crippen LogP contribution in [0.4, 0.5) is 5.69 Å². The summed E-state index contributed by atoms with van der Waals surface area (Å²) in [5.41, 5.74) is 2.29. The van der Waals surface area contributed by atoms with E-state index in [2.05, 4.69) is 0 Å². The van der Waals surface area contributed by atoms with E-state index in [1.54, 1.807) is 11.1 Å². The molecular formula is C10H10N2O2. The van der Waals surface area contributed by atoms with Crippen LogP contribution in [0.3, 0.4) is 0 Å². The Morgan fingerprint density at radius 2 is 2.14 bits per heavy atom. The number of anilines is 1. The predicted octanol–water partition coefficient (Wildman–Crippen LogP) is 1.80. The maximum Gasteiger partial charge on any atom is 0.266 e. The standard InChI is InChI=1S/C10H10N2O2/c1-11-7-9(12(13)14)6-8-4-2-3-5-10(8)11/h2-5,7H,6H2,1H3. The first-order chi connectivity index (χ1) is 6.68. The maximum absolute atomic E-state index is 10.6. The van der Waals surface area contributed by atoms with Gasteiger partial charge in [0.05, 0.1) is 17.5 Å². The first-order valence-electron chi connectivity index (χ1n) is 4.34. The smallest absolute Gasteiger partial charge is 0.266 e. The van der Waals surface area contributed by atoms with Gasteiger partial charge in [0.15, 0.2) is 0 Å². The number of nitro groups is 1. The summed E-state index contributed by atoms with van der Waals surface area (Å²) in [6.07, 6.45) is 1.98. The highest BCUT2D eigenvalue weighted by molar-refractivity contribution is 5.58. The molecule has 0 atom stereocenters. The Balaban J connectivity index is 2.42. The van der Waals surface area contributed by atoms with Crippen LogP contribution in [0.15, 0.2) is 36.2 Å². The molecule has 1 aliphatic rings. The summed E-state index contributed by atoms with van der Waals surface area (Å²) in [5, 5.41) is 10.6. The topological polar surface area (TPSA) is 46.4 Å². The van der Waals surface area contributed by atoms with Gasteiger partial charge in [-0.05, 0) is 11.6 Å². The van der Waals surface area contributed by atoms with Gasteiger partial charge in [-0.25, -0.2) is 0 Å². The van der Waals surface area contributed by atoms with Crippen molar-refractivity contribution >= 4 is 5.69 Å². The van der Waals surface area contributed by atoms with E-state index in [1.165, 1.54) is 0 Å².